The molecule has 1 nitrogen and oxygen atoms in total. The second-order valence-corrected chi connectivity index (χ2v) is 7.51. The highest BCUT2D eigenvalue weighted by Gasteiger charge is 2.20. The van der Waals surface area contributed by atoms with Crippen molar-refractivity contribution in [3.63, 3.8) is 0 Å². The molecule has 0 saturated carbocycles. The first-order chi connectivity index (χ1) is 9.69. The van der Waals surface area contributed by atoms with E-state index in [-0.39, 0.29) is 5.38 Å². The van der Waals surface area contributed by atoms with Crippen LogP contribution in [0.4, 0.5) is 0 Å². The van der Waals surface area contributed by atoms with Crippen LogP contribution < -0.4 is 4.74 Å². The van der Waals surface area contributed by atoms with Gasteiger partial charge in [-0.3, -0.25) is 0 Å². The Kier molecular flexibility index (Phi) is 4.39. The minimum absolute atomic E-state index is 0.0918. The number of methoxy groups -OCH3 is 1. The average Bonchev–Trinajstić information content (AvgIpc) is 2.90. The van der Waals surface area contributed by atoms with Gasteiger partial charge in [0, 0.05) is 14.2 Å². The number of thiophene rings is 1. The van der Waals surface area contributed by atoms with Crippen molar-refractivity contribution in [3.05, 3.63) is 49.6 Å². The molecule has 20 heavy (non-hydrogen) atoms. The van der Waals surface area contributed by atoms with Crippen LogP contribution >= 0.6 is 38.9 Å². The standard InChI is InChI=1S/C16H16BrClOS/c1-19-11-6-7-12(13(17)9-11)16(18)15-8-10-4-2-3-5-14(10)20-15/h6-9,16H,2-5H2,1H3. The Hall–Kier alpha value is -0.510. The molecule has 106 valence electrons. The van der Waals surface area contributed by atoms with E-state index in [0.29, 0.717) is 0 Å². The number of ether oxygens (including phenoxy) is 1. The van der Waals surface area contributed by atoms with E-state index in [0.717, 1.165) is 15.8 Å². The van der Waals surface area contributed by atoms with E-state index in [2.05, 4.69) is 22.0 Å². The Bertz CT molecular complexity index is 599. The van der Waals surface area contributed by atoms with Crippen molar-refractivity contribution >= 4 is 38.9 Å². The molecule has 1 atom stereocenters. The summed E-state index contributed by atoms with van der Waals surface area (Å²) in [4.78, 5) is 2.78. The average molecular weight is 372 g/mol. The van der Waals surface area contributed by atoms with Gasteiger partial charge >= 0.3 is 0 Å². The quantitative estimate of drug-likeness (QED) is 0.626. The van der Waals surface area contributed by atoms with E-state index >= 15 is 0 Å². The molecule has 0 amide bonds. The molecule has 1 aromatic heterocycles. The van der Waals surface area contributed by atoms with Crippen LogP contribution in [0.25, 0.3) is 0 Å². The lowest BCUT2D eigenvalue weighted by Gasteiger charge is -2.11. The lowest BCUT2D eigenvalue weighted by atomic mass is 9.99. The van der Waals surface area contributed by atoms with Crippen LogP contribution in [0.2, 0.25) is 0 Å². The molecule has 0 aliphatic heterocycles. The predicted molar refractivity (Wildman–Crippen MR) is 89.4 cm³/mol. The van der Waals surface area contributed by atoms with Gasteiger partial charge in [0.25, 0.3) is 0 Å². The summed E-state index contributed by atoms with van der Waals surface area (Å²) < 4.78 is 6.23. The van der Waals surface area contributed by atoms with Crippen molar-refractivity contribution in [2.45, 2.75) is 31.1 Å². The number of rotatable bonds is 3. The maximum Gasteiger partial charge on any atom is 0.120 e. The van der Waals surface area contributed by atoms with Crippen molar-refractivity contribution in [1.29, 1.82) is 0 Å². The molecule has 1 aliphatic carbocycles. The van der Waals surface area contributed by atoms with E-state index in [1.165, 1.54) is 41.0 Å². The maximum absolute atomic E-state index is 6.69. The van der Waals surface area contributed by atoms with Crippen LogP contribution in [0.5, 0.6) is 5.75 Å². The van der Waals surface area contributed by atoms with Gasteiger partial charge in [0.1, 0.15) is 5.75 Å². The Labute approximate surface area is 137 Å². The van der Waals surface area contributed by atoms with Gasteiger partial charge in [-0.15, -0.1) is 22.9 Å². The van der Waals surface area contributed by atoms with Gasteiger partial charge < -0.3 is 4.74 Å². The molecule has 2 aromatic rings. The minimum Gasteiger partial charge on any atom is -0.497 e. The third kappa shape index (κ3) is 2.76. The Morgan fingerprint density at radius 3 is 2.75 bits per heavy atom. The smallest absolute Gasteiger partial charge is 0.120 e. The molecule has 1 aliphatic rings. The van der Waals surface area contributed by atoms with Crippen molar-refractivity contribution < 1.29 is 4.74 Å². The highest BCUT2D eigenvalue weighted by molar-refractivity contribution is 9.10. The van der Waals surface area contributed by atoms with Gasteiger partial charge in [-0.2, -0.15) is 0 Å². The fourth-order valence-corrected chi connectivity index (χ4v) is 4.99. The second-order valence-electron chi connectivity index (χ2n) is 5.05. The van der Waals surface area contributed by atoms with Crippen LogP contribution in [-0.4, -0.2) is 7.11 Å². The molecule has 0 saturated heterocycles. The number of alkyl halides is 1. The second kappa shape index (κ2) is 6.08. The highest BCUT2D eigenvalue weighted by atomic mass is 79.9. The molecule has 0 bridgehead atoms. The predicted octanol–water partition coefficient (Wildman–Crippen LogP) is 5.73. The molecule has 1 unspecified atom stereocenters. The Morgan fingerprint density at radius 2 is 2.05 bits per heavy atom. The normalized spacial score (nSPS) is 15.8. The lowest BCUT2D eigenvalue weighted by Crippen LogP contribution is -1.96. The van der Waals surface area contributed by atoms with Gasteiger partial charge in [0.15, 0.2) is 0 Å². The first-order valence-corrected chi connectivity index (χ1v) is 8.82. The molecule has 0 radical (unpaired) electrons. The van der Waals surface area contributed by atoms with Crippen molar-refractivity contribution in [3.8, 4) is 5.75 Å². The summed E-state index contributed by atoms with van der Waals surface area (Å²) in [6, 6.07) is 8.27. The largest absolute Gasteiger partial charge is 0.497 e. The van der Waals surface area contributed by atoms with Crippen LogP contribution in [0.3, 0.4) is 0 Å². The van der Waals surface area contributed by atoms with Crippen LogP contribution in [-0.2, 0) is 12.8 Å². The van der Waals surface area contributed by atoms with Crippen molar-refractivity contribution in [1.82, 2.24) is 0 Å². The minimum atomic E-state index is -0.0918. The van der Waals surface area contributed by atoms with E-state index in [1.54, 1.807) is 7.11 Å². The SMILES string of the molecule is COc1ccc(C(Cl)c2cc3c(s2)CCCC3)c(Br)c1. The van der Waals surface area contributed by atoms with Crippen LogP contribution in [0, 0.1) is 0 Å². The summed E-state index contributed by atoms with van der Waals surface area (Å²) in [5.41, 5.74) is 2.61. The van der Waals surface area contributed by atoms with Gasteiger partial charge in [0.05, 0.1) is 12.5 Å². The van der Waals surface area contributed by atoms with Gasteiger partial charge in [0.2, 0.25) is 0 Å². The zero-order valence-electron chi connectivity index (χ0n) is 11.3. The number of hydrogen-bond donors (Lipinski definition) is 0. The summed E-state index contributed by atoms with van der Waals surface area (Å²) in [5.74, 6) is 0.843. The molecule has 3 rings (SSSR count). The number of halogens is 2. The molecular formula is C16H16BrClOS. The summed E-state index contributed by atoms with van der Waals surface area (Å²) in [6.45, 7) is 0. The zero-order chi connectivity index (χ0) is 14.1. The van der Waals surface area contributed by atoms with Gasteiger partial charge in [-0.25, -0.2) is 0 Å². The van der Waals surface area contributed by atoms with E-state index < -0.39 is 0 Å². The topological polar surface area (TPSA) is 9.23 Å². The summed E-state index contributed by atoms with van der Waals surface area (Å²) in [7, 11) is 1.67. The molecule has 4 heteroatoms. The fraction of sp³-hybridized carbons (Fsp3) is 0.375. The summed E-state index contributed by atoms with van der Waals surface area (Å²) >= 11 is 12.2. The number of hydrogen-bond acceptors (Lipinski definition) is 2. The van der Waals surface area contributed by atoms with Crippen molar-refractivity contribution in [2.24, 2.45) is 0 Å². The number of aryl methyl sites for hydroxylation is 2. The van der Waals surface area contributed by atoms with Gasteiger partial charge in [-0.1, -0.05) is 22.0 Å². The Morgan fingerprint density at radius 1 is 1.25 bits per heavy atom. The Balaban J connectivity index is 1.92. The number of benzene rings is 1. The van der Waals surface area contributed by atoms with E-state index in [1.807, 2.05) is 29.5 Å². The zero-order valence-corrected chi connectivity index (χ0v) is 14.4. The third-order valence-electron chi connectivity index (χ3n) is 3.75. The molecule has 0 fully saturated rings. The summed E-state index contributed by atoms with van der Waals surface area (Å²) in [6.07, 6.45) is 5.04. The molecule has 0 N–H and O–H groups in total. The lowest BCUT2D eigenvalue weighted by molar-refractivity contribution is 0.414. The maximum atomic E-state index is 6.69. The van der Waals surface area contributed by atoms with E-state index in [9.17, 15) is 0 Å². The van der Waals surface area contributed by atoms with Gasteiger partial charge in [-0.05, 0) is 55.0 Å². The molecule has 1 aromatic carbocycles. The molecular weight excluding hydrogens is 356 g/mol. The molecule has 1 heterocycles. The third-order valence-corrected chi connectivity index (χ3v) is 6.33. The first-order valence-electron chi connectivity index (χ1n) is 6.78. The highest BCUT2D eigenvalue weighted by Crippen LogP contribution is 2.41. The first kappa shape index (κ1) is 14.4. The molecule has 0 spiro atoms. The summed E-state index contributed by atoms with van der Waals surface area (Å²) in [5, 5.41) is -0.0918. The fourth-order valence-electron chi connectivity index (χ4n) is 2.63. The van der Waals surface area contributed by atoms with Crippen molar-refractivity contribution in [2.75, 3.05) is 7.11 Å². The van der Waals surface area contributed by atoms with E-state index in [4.69, 9.17) is 16.3 Å². The monoisotopic (exact) mass is 370 g/mol. The van der Waals surface area contributed by atoms with Crippen LogP contribution in [0.15, 0.2) is 28.7 Å². The number of fused-ring (bicyclic) bond motifs is 1. The van der Waals surface area contributed by atoms with Crippen LogP contribution in [0.1, 0.15) is 39.1 Å².